The Morgan fingerprint density at radius 1 is 1.14 bits per heavy atom. The van der Waals surface area contributed by atoms with Crippen LogP contribution >= 0.6 is 11.6 Å². The van der Waals surface area contributed by atoms with Gasteiger partial charge in [-0.05, 0) is 57.4 Å². The number of fused-ring (bicyclic) bond motifs is 1. The maximum Gasteiger partial charge on any atom is 0.255 e. The van der Waals surface area contributed by atoms with E-state index in [1.807, 2.05) is 50.2 Å². The minimum Gasteiger partial charge on any atom is -0.351 e. The molecule has 3 heterocycles. The van der Waals surface area contributed by atoms with Crippen LogP contribution in [0.1, 0.15) is 72.9 Å². The molecular weight excluding hydrogens is 488 g/mol. The van der Waals surface area contributed by atoms with Crippen LogP contribution in [0.25, 0.3) is 11.3 Å². The summed E-state index contributed by atoms with van der Waals surface area (Å²) in [5.41, 5.74) is 4.42. The van der Waals surface area contributed by atoms with Gasteiger partial charge in [0.2, 0.25) is 11.9 Å². The quantitative estimate of drug-likeness (QED) is 0.452. The summed E-state index contributed by atoms with van der Waals surface area (Å²) in [6.07, 6.45) is 6.23. The monoisotopic (exact) mass is 518 g/mol. The fourth-order valence-corrected chi connectivity index (χ4v) is 5.23. The van der Waals surface area contributed by atoms with Gasteiger partial charge >= 0.3 is 0 Å². The van der Waals surface area contributed by atoms with E-state index in [0.717, 1.165) is 35.4 Å². The number of nitrogens with zero attached hydrogens (tertiary/aromatic N) is 4. The van der Waals surface area contributed by atoms with E-state index in [0.29, 0.717) is 34.8 Å². The first kappa shape index (κ1) is 25.1. The zero-order chi connectivity index (χ0) is 26.1. The van der Waals surface area contributed by atoms with Gasteiger partial charge in [-0.1, -0.05) is 42.6 Å². The van der Waals surface area contributed by atoms with Gasteiger partial charge in [0.15, 0.2) is 0 Å². The molecule has 0 saturated heterocycles. The van der Waals surface area contributed by atoms with E-state index in [9.17, 15) is 9.59 Å². The lowest BCUT2D eigenvalue weighted by Gasteiger charge is -2.25. The number of amides is 2. The van der Waals surface area contributed by atoms with Gasteiger partial charge in [-0.25, -0.2) is 9.97 Å². The fraction of sp³-hybridized carbons (Fsp3) is 0.393. The summed E-state index contributed by atoms with van der Waals surface area (Å²) in [6.45, 7) is 5.92. The first-order valence-corrected chi connectivity index (χ1v) is 13.1. The number of benzene rings is 1. The zero-order valence-electron chi connectivity index (χ0n) is 21.3. The molecule has 1 saturated carbocycles. The number of rotatable bonds is 7. The van der Waals surface area contributed by atoms with Crippen molar-refractivity contribution in [1.29, 1.82) is 0 Å². The summed E-state index contributed by atoms with van der Waals surface area (Å²) in [5, 5.41) is 6.81. The molecule has 9 heteroatoms. The van der Waals surface area contributed by atoms with Crippen LogP contribution in [-0.2, 0) is 11.3 Å². The number of carbonyl (C=O) groups excluding carboxylic acids is 2. The number of aromatic nitrogens is 3. The predicted molar refractivity (Wildman–Crippen MR) is 143 cm³/mol. The van der Waals surface area contributed by atoms with E-state index >= 15 is 0 Å². The molecule has 3 aromatic rings. The molecule has 37 heavy (non-hydrogen) atoms. The summed E-state index contributed by atoms with van der Waals surface area (Å²) in [4.78, 5) is 41.5. The molecule has 2 N–H and O–H groups in total. The molecule has 1 aliphatic heterocycles. The van der Waals surface area contributed by atoms with Crippen LogP contribution in [0.15, 0.2) is 42.6 Å². The van der Waals surface area contributed by atoms with Crippen molar-refractivity contribution in [3.05, 3.63) is 70.1 Å². The van der Waals surface area contributed by atoms with E-state index in [1.54, 1.807) is 18.0 Å². The Labute approximate surface area is 221 Å². The fourth-order valence-electron chi connectivity index (χ4n) is 5.03. The molecule has 8 nitrogen and oxygen atoms in total. The van der Waals surface area contributed by atoms with Crippen molar-refractivity contribution in [2.45, 2.75) is 71.1 Å². The van der Waals surface area contributed by atoms with Crippen molar-refractivity contribution >= 4 is 29.4 Å². The second kappa shape index (κ2) is 10.5. The van der Waals surface area contributed by atoms with Gasteiger partial charge in [-0.3, -0.25) is 14.6 Å². The van der Waals surface area contributed by atoms with Crippen molar-refractivity contribution in [3.63, 3.8) is 0 Å². The Kier molecular flexibility index (Phi) is 7.11. The number of anilines is 1. The third-order valence-electron chi connectivity index (χ3n) is 7.21. The Hall–Kier alpha value is -3.52. The number of carbonyl (C=O) groups is 2. The molecule has 5 rings (SSSR count). The lowest BCUT2D eigenvalue weighted by molar-refractivity contribution is -0.125. The average molecular weight is 519 g/mol. The Morgan fingerprint density at radius 2 is 1.92 bits per heavy atom. The van der Waals surface area contributed by atoms with Crippen LogP contribution in [0.3, 0.4) is 0 Å². The third-order valence-corrected chi connectivity index (χ3v) is 7.48. The summed E-state index contributed by atoms with van der Waals surface area (Å²) in [6, 6.07) is 10.8. The smallest absolute Gasteiger partial charge is 0.255 e. The average Bonchev–Trinajstić information content (AvgIpc) is 3.52. The number of hydrogen-bond donors (Lipinski definition) is 2. The van der Waals surface area contributed by atoms with Gasteiger partial charge < -0.3 is 15.5 Å². The van der Waals surface area contributed by atoms with Crippen LogP contribution in [0, 0.1) is 6.92 Å². The SMILES string of the molecule is Cc1cccc([C@@H](C)NC(=O)[C@@H](C)N2Cc3ccc(-c4nc(NC5CCCC5)ncc4Cl)cc3C2=O)n1. The van der Waals surface area contributed by atoms with E-state index in [-0.39, 0.29) is 17.9 Å². The molecule has 0 spiro atoms. The second-order valence-corrected chi connectivity index (χ2v) is 10.3. The van der Waals surface area contributed by atoms with Crippen LogP contribution in [0.5, 0.6) is 0 Å². The molecule has 2 aliphatic rings. The van der Waals surface area contributed by atoms with Gasteiger partial charge in [0, 0.05) is 29.4 Å². The number of aryl methyl sites for hydroxylation is 1. The largest absolute Gasteiger partial charge is 0.351 e. The van der Waals surface area contributed by atoms with E-state index < -0.39 is 6.04 Å². The van der Waals surface area contributed by atoms with E-state index in [4.69, 9.17) is 11.6 Å². The molecule has 0 unspecified atom stereocenters. The molecule has 2 amide bonds. The second-order valence-electron chi connectivity index (χ2n) is 9.93. The highest BCUT2D eigenvalue weighted by molar-refractivity contribution is 6.33. The summed E-state index contributed by atoms with van der Waals surface area (Å²) >= 11 is 6.46. The highest BCUT2D eigenvalue weighted by Crippen LogP contribution is 2.33. The number of nitrogens with one attached hydrogen (secondary N) is 2. The van der Waals surface area contributed by atoms with Gasteiger partial charge in [0.1, 0.15) is 6.04 Å². The number of pyridine rings is 1. The summed E-state index contributed by atoms with van der Waals surface area (Å²) in [5.74, 6) is 0.135. The highest BCUT2D eigenvalue weighted by atomic mass is 35.5. The molecular formula is C28H31ClN6O2. The molecule has 2 atom stereocenters. The Morgan fingerprint density at radius 3 is 2.68 bits per heavy atom. The molecule has 1 aliphatic carbocycles. The van der Waals surface area contributed by atoms with Crippen molar-refractivity contribution in [2.24, 2.45) is 0 Å². The molecule has 0 bridgehead atoms. The van der Waals surface area contributed by atoms with Crippen molar-refractivity contribution < 1.29 is 9.59 Å². The number of hydrogen-bond acceptors (Lipinski definition) is 6. The van der Waals surface area contributed by atoms with Crippen molar-refractivity contribution in [1.82, 2.24) is 25.2 Å². The predicted octanol–water partition coefficient (Wildman–Crippen LogP) is 5.08. The molecule has 2 aromatic heterocycles. The van der Waals surface area contributed by atoms with Gasteiger partial charge in [-0.2, -0.15) is 0 Å². The Balaban J connectivity index is 1.31. The van der Waals surface area contributed by atoms with Crippen LogP contribution in [0.2, 0.25) is 5.02 Å². The Bertz CT molecular complexity index is 1340. The first-order chi connectivity index (χ1) is 17.8. The molecule has 1 fully saturated rings. The maximum atomic E-state index is 13.4. The lowest BCUT2D eigenvalue weighted by Crippen LogP contribution is -2.46. The maximum absolute atomic E-state index is 13.4. The zero-order valence-corrected chi connectivity index (χ0v) is 22.0. The third kappa shape index (κ3) is 5.30. The van der Waals surface area contributed by atoms with Crippen LogP contribution in [0.4, 0.5) is 5.95 Å². The van der Waals surface area contributed by atoms with Crippen LogP contribution in [-0.4, -0.2) is 43.7 Å². The van der Waals surface area contributed by atoms with Gasteiger partial charge in [-0.15, -0.1) is 0 Å². The minimum absolute atomic E-state index is 0.185. The summed E-state index contributed by atoms with van der Waals surface area (Å²) < 4.78 is 0. The normalized spacial score (nSPS) is 17.0. The van der Waals surface area contributed by atoms with Crippen LogP contribution < -0.4 is 10.6 Å². The van der Waals surface area contributed by atoms with Crippen molar-refractivity contribution in [2.75, 3.05) is 5.32 Å². The topological polar surface area (TPSA) is 100 Å². The van der Waals surface area contributed by atoms with Gasteiger partial charge in [0.05, 0.1) is 28.6 Å². The van der Waals surface area contributed by atoms with Crippen molar-refractivity contribution in [3.8, 4) is 11.3 Å². The highest BCUT2D eigenvalue weighted by Gasteiger charge is 2.34. The first-order valence-electron chi connectivity index (χ1n) is 12.8. The lowest BCUT2D eigenvalue weighted by atomic mass is 10.0. The number of halogens is 1. The minimum atomic E-state index is -0.638. The molecule has 192 valence electrons. The van der Waals surface area contributed by atoms with E-state index in [1.165, 1.54) is 12.8 Å². The van der Waals surface area contributed by atoms with Gasteiger partial charge in [0.25, 0.3) is 5.91 Å². The van der Waals surface area contributed by atoms with E-state index in [2.05, 4.69) is 25.6 Å². The molecule has 1 aromatic carbocycles. The summed E-state index contributed by atoms with van der Waals surface area (Å²) in [7, 11) is 0. The standard InChI is InChI=1S/C28H31ClN6O2/c1-16-7-6-10-24(31-16)17(2)32-26(36)18(3)35-15-20-12-11-19(13-22(20)27(35)37)25-23(29)14-30-28(34-25)33-21-8-4-5-9-21/h6-7,10-14,17-18,21H,4-5,8-9,15H2,1-3H3,(H,32,36)(H,30,33,34)/t17-,18-/m1/s1. The molecule has 0 radical (unpaired) electrons.